The first-order valence-corrected chi connectivity index (χ1v) is 7.92. The molecule has 0 aliphatic rings. The summed E-state index contributed by atoms with van der Waals surface area (Å²) < 4.78 is 2.60. The van der Waals surface area contributed by atoms with Crippen LogP contribution in [0.3, 0.4) is 0 Å². The van der Waals surface area contributed by atoms with Gasteiger partial charge in [0.25, 0.3) is 5.56 Å². The Morgan fingerprint density at radius 3 is 2.62 bits per heavy atom. The second-order valence-electron chi connectivity index (χ2n) is 5.72. The second kappa shape index (κ2) is 6.18. The maximum absolute atomic E-state index is 12.5. The fourth-order valence-electron chi connectivity index (χ4n) is 2.96. The lowest BCUT2D eigenvalue weighted by Crippen LogP contribution is -2.32. The second-order valence-corrected chi connectivity index (χ2v) is 5.72. The lowest BCUT2D eigenvalue weighted by molar-refractivity contribution is 0.771. The van der Waals surface area contributed by atoms with Crippen LogP contribution in [0.1, 0.15) is 5.56 Å². The highest BCUT2D eigenvalue weighted by molar-refractivity contribution is 5.99. The molecule has 4 rings (SSSR count). The summed E-state index contributed by atoms with van der Waals surface area (Å²) in [4.78, 5) is 27.4. The third-order valence-corrected chi connectivity index (χ3v) is 4.16. The summed E-state index contributed by atoms with van der Waals surface area (Å²) in [5.74, 6) is 0. The van der Waals surface area contributed by atoms with Crippen LogP contribution < -0.4 is 11.2 Å². The van der Waals surface area contributed by atoms with Crippen LogP contribution in [-0.2, 0) is 6.54 Å². The van der Waals surface area contributed by atoms with Crippen molar-refractivity contribution >= 4 is 28.0 Å². The van der Waals surface area contributed by atoms with E-state index in [1.54, 1.807) is 35.0 Å². The predicted molar refractivity (Wildman–Crippen MR) is 99.4 cm³/mol. The van der Waals surface area contributed by atoms with Crippen molar-refractivity contribution in [2.24, 2.45) is 5.10 Å². The number of hydrogen-bond acceptors (Lipinski definition) is 4. The van der Waals surface area contributed by atoms with Gasteiger partial charge in [0.1, 0.15) is 6.54 Å². The summed E-state index contributed by atoms with van der Waals surface area (Å²) in [6, 6.07) is 16.5. The molecule has 7 heteroatoms. The van der Waals surface area contributed by atoms with E-state index in [0.29, 0.717) is 10.9 Å². The van der Waals surface area contributed by atoms with Crippen molar-refractivity contribution in [3.63, 3.8) is 0 Å². The summed E-state index contributed by atoms with van der Waals surface area (Å²) in [6.07, 6.45) is 3.24. The van der Waals surface area contributed by atoms with E-state index < -0.39 is 11.2 Å². The molecule has 0 aliphatic carbocycles. The van der Waals surface area contributed by atoms with Gasteiger partial charge in [0.05, 0.1) is 23.2 Å². The summed E-state index contributed by atoms with van der Waals surface area (Å²) >= 11 is 0. The number of hydrogen-bond donors (Lipinski definition) is 1. The lowest BCUT2D eigenvalue weighted by atomic mass is 10.2. The van der Waals surface area contributed by atoms with Crippen LogP contribution in [-0.4, -0.2) is 20.4 Å². The van der Waals surface area contributed by atoms with Crippen molar-refractivity contribution in [1.82, 2.24) is 14.2 Å². The highest BCUT2D eigenvalue weighted by Gasteiger charge is 2.08. The molecule has 0 atom stereocenters. The Labute approximate surface area is 147 Å². The molecule has 0 unspecified atom stereocenters. The Bertz CT molecular complexity index is 1320. The van der Waals surface area contributed by atoms with E-state index in [2.05, 4.69) is 16.2 Å². The van der Waals surface area contributed by atoms with Gasteiger partial charge in [-0.15, -0.1) is 4.68 Å². The number of H-pyrrole nitrogens is 1. The molecule has 26 heavy (non-hydrogen) atoms. The van der Waals surface area contributed by atoms with Crippen molar-refractivity contribution in [3.8, 4) is 6.07 Å². The number of aromatic nitrogens is 3. The quantitative estimate of drug-likeness (QED) is 0.577. The Hall–Kier alpha value is -3.92. The van der Waals surface area contributed by atoms with Gasteiger partial charge in [-0.05, 0) is 18.2 Å². The van der Waals surface area contributed by atoms with Crippen molar-refractivity contribution in [2.75, 3.05) is 0 Å². The Balaban J connectivity index is 1.87. The van der Waals surface area contributed by atoms with Gasteiger partial charge >= 0.3 is 5.69 Å². The largest absolute Gasteiger partial charge is 0.349 e. The van der Waals surface area contributed by atoms with E-state index in [-0.39, 0.29) is 6.54 Å². The van der Waals surface area contributed by atoms with E-state index in [1.807, 2.05) is 24.3 Å². The minimum Gasteiger partial charge on any atom is -0.333 e. The smallest absolute Gasteiger partial charge is 0.333 e. The van der Waals surface area contributed by atoms with E-state index in [0.717, 1.165) is 21.1 Å². The van der Waals surface area contributed by atoms with Crippen LogP contribution in [0.15, 0.2) is 69.4 Å². The number of aromatic amines is 1. The van der Waals surface area contributed by atoms with E-state index >= 15 is 0 Å². The molecular weight excluding hydrogens is 330 g/mol. The van der Waals surface area contributed by atoms with Gasteiger partial charge < -0.3 is 9.55 Å². The molecule has 4 aromatic rings. The molecule has 0 aliphatic heterocycles. The molecule has 1 N–H and O–H groups in total. The number of fused-ring (bicyclic) bond motifs is 2. The molecule has 0 amide bonds. The molecule has 0 bridgehead atoms. The van der Waals surface area contributed by atoms with Crippen LogP contribution in [0.2, 0.25) is 0 Å². The maximum Gasteiger partial charge on any atom is 0.349 e. The third-order valence-electron chi connectivity index (χ3n) is 4.16. The first-order chi connectivity index (χ1) is 12.7. The Morgan fingerprint density at radius 1 is 1.08 bits per heavy atom. The highest BCUT2D eigenvalue weighted by Crippen LogP contribution is 2.19. The molecule has 2 aromatic carbocycles. The number of rotatable bonds is 3. The zero-order valence-corrected chi connectivity index (χ0v) is 13.6. The van der Waals surface area contributed by atoms with Crippen LogP contribution in [0.4, 0.5) is 0 Å². The van der Waals surface area contributed by atoms with Crippen molar-refractivity contribution < 1.29 is 0 Å². The van der Waals surface area contributed by atoms with Gasteiger partial charge in [0.15, 0.2) is 0 Å². The SMILES string of the molecule is N#CCn1cc(C=Nn2c(=O)[nH]c3ccccc3c2=O)c2ccccc21. The summed E-state index contributed by atoms with van der Waals surface area (Å²) in [5.41, 5.74) is 0.984. The first kappa shape index (κ1) is 15.6. The zero-order valence-electron chi connectivity index (χ0n) is 13.6. The van der Waals surface area contributed by atoms with E-state index in [4.69, 9.17) is 5.26 Å². The number of nitriles is 1. The van der Waals surface area contributed by atoms with Crippen LogP contribution in [0, 0.1) is 11.3 Å². The van der Waals surface area contributed by atoms with Gasteiger partial charge in [-0.2, -0.15) is 10.4 Å². The normalized spacial score (nSPS) is 11.3. The average Bonchev–Trinajstić information content (AvgIpc) is 3.00. The summed E-state index contributed by atoms with van der Waals surface area (Å²) in [6.45, 7) is 0.199. The number of nitrogens with zero attached hydrogens (tertiary/aromatic N) is 4. The van der Waals surface area contributed by atoms with E-state index in [1.165, 1.54) is 6.21 Å². The fourth-order valence-corrected chi connectivity index (χ4v) is 2.96. The molecule has 2 aromatic heterocycles. The standard InChI is InChI=1S/C19H13N5O2/c20-9-10-23-12-13(14-5-2-4-8-17(14)23)11-21-24-18(25)15-6-1-3-7-16(15)22-19(24)26/h1-8,11-12H,10H2,(H,22,26). The molecule has 7 nitrogen and oxygen atoms in total. The molecule has 0 fully saturated rings. The Kier molecular flexibility index (Phi) is 3.71. The van der Waals surface area contributed by atoms with Gasteiger partial charge in [-0.25, -0.2) is 4.79 Å². The molecule has 0 saturated carbocycles. The third kappa shape index (κ3) is 2.50. The van der Waals surface area contributed by atoms with Crippen LogP contribution in [0.5, 0.6) is 0 Å². The molecule has 0 saturated heterocycles. The van der Waals surface area contributed by atoms with E-state index in [9.17, 15) is 9.59 Å². The first-order valence-electron chi connectivity index (χ1n) is 7.92. The molecular formula is C19H13N5O2. The lowest BCUT2D eigenvalue weighted by Gasteiger charge is -2.00. The van der Waals surface area contributed by atoms with Crippen molar-refractivity contribution in [3.05, 3.63) is 81.1 Å². The Morgan fingerprint density at radius 2 is 1.81 bits per heavy atom. The summed E-state index contributed by atoms with van der Waals surface area (Å²) in [7, 11) is 0. The minimum atomic E-state index is -0.606. The molecule has 0 spiro atoms. The highest BCUT2D eigenvalue weighted by atomic mass is 16.2. The van der Waals surface area contributed by atoms with Gasteiger partial charge in [-0.3, -0.25) is 4.79 Å². The topological polar surface area (TPSA) is 95.9 Å². The van der Waals surface area contributed by atoms with Gasteiger partial charge in [0.2, 0.25) is 0 Å². The average molecular weight is 343 g/mol. The van der Waals surface area contributed by atoms with Crippen LogP contribution >= 0.6 is 0 Å². The monoisotopic (exact) mass is 343 g/mol. The molecule has 0 radical (unpaired) electrons. The summed E-state index contributed by atoms with van der Waals surface area (Å²) in [5, 5.41) is 14.3. The number of benzene rings is 2. The fraction of sp³-hybridized carbons (Fsp3) is 0.0526. The van der Waals surface area contributed by atoms with Crippen LogP contribution in [0.25, 0.3) is 21.8 Å². The predicted octanol–water partition coefficient (Wildman–Crippen LogP) is 2.05. The van der Waals surface area contributed by atoms with Gasteiger partial charge in [-0.1, -0.05) is 30.3 Å². The molecule has 126 valence electrons. The minimum absolute atomic E-state index is 0.199. The van der Waals surface area contributed by atoms with Crippen molar-refractivity contribution in [1.29, 1.82) is 5.26 Å². The zero-order chi connectivity index (χ0) is 18.1. The van der Waals surface area contributed by atoms with Gasteiger partial charge in [0, 0.05) is 22.7 Å². The maximum atomic E-state index is 12.5. The number of para-hydroxylation sites is 2. The molecule has 2 heterocycles. The number of nitrogens with one attached hydrogen (secondary N) is 1. The van der Waals surface area contributed by atoms with Crippen molar-refractivity contribution in [2.45, 2.75) is 6.54 Å².